The number of fused-ring (bicyclic) bond motifs is 1. The molecule has 0 aliphatic carbocycles. The van der Waals surface area contributed by atoms with Crippen LogP contribution in [0.5, 0.6) is 5.75 Å². The molecule has 1 atom stereocenters. The van der Waals surface area contributed by atoms with Crippen molar-refractivity contribution < 1.29 is 9.84 Å². The van der Waals surface area contributed by atoms with Gasteiger partial charge >= 0.3 is 0 Å². The predicted octanol–water partition coefficient (Wildman–Crippen LogP) is 3.31. The number of hydrogen-bond donors (Lipinski definition) is 1. The Labute approximate surface area is 96.0 Å². The van der Waals surface area contributed by atoms with Gasteiger partial charge in [0.1, 0.15) is 5.75 Å². The third-order valence-corrected chi connectivity index (χ3v) is 3.00. The first-order valence-corrected chi connectivity index (χ1v) is 5.65. The van der Waals surface area contributed by atoms with E-state index >= 15 is 0 Å². The van der Waals surface area contributed by atoms with Crippen LogP contribution in [-0.2, 0) is 0 Å². The Kier molecular flexibility index (Phi) is 3.00. The Morgan fingerprint density at radius 2 is 2.29 bits per heavy atom. The number of halogens is 2. The van der Waals surface area contributed by atoms with E-state index in [9.17, 15) is 5.11 Å². The molecule has 1 aromatic carbocycles. The van der Waals surface area contributed by atoms with Crippen molar-refractivity contribution in [2.24, 2.45) is 0 Å². The highest BCUT2D eigenvalue weighted by Crippen LogP contribution is 2.39. The van der Waals surface area contributed by atoms with Gasteiger partial charge in [0.15, 0.2) is 0 Å². The zero-order chi connectivity index (χ0) is 10.1. The summed E-state index contributed by atoms with van der Waals surface area (Å²) in [6.45, 7) is 0.616. The van der Waals surface area contributed by atoms with Gasteiger partial charge in [0.25, 0.3) is 0 Å². The van der Waals surface area contributed by atoms with E-state index in [2.05, 4.69) is 15.9 Å². The van der Waals surface area contributed by atoms with Crippen LogP contribution in [0.3, 0.4) is 0 Å². The molecular formula is C10H10BrClO2. The average Bonchev–Trinajstić information content (AvgIpc) is 2.29. The molecule has 2 rings (SSSR count). The van der Waals surface area contributed by atoms with Crippen molar-refractivity contribution in [3.8, 4) is 5.75 Å². The van der Waals surface area contributed by atoms with E-state index in [1.54, 1.807) is 6.07 Å². The number of aliphatic hydroxyl groups is 1. The Morgan fingerprint density at radius 1 is 1.50 bits per heavy atom. The molecule has 1 unspecified atom stereocenters. The van der Waals surface area contributed by atoms with E-state index < -0.39 is 6.10 Å². The van der Waals surface area contributed by atoms with Crippen molar-refractivity contribution in [3.63, 3.8) is 0 Å². The molecule has 1 heterocycles. The molecule has 1 aliphatic heterocycles. The van der Waals surface area contributed by atoms with E-state index in [0.29, 0.717) is 17.4 Å². The second-order valence-electron chi connectivity index (χ2n) is 3.31. The number of aliphatic hydroxyl groups excluding tert-OH is 1. The lowest BCUT2D eigenvalue weighted by Crippen LogP contribution is -1.97. The van der Waals surface area contributed by atoms with Gasteiger partial charge in [-0.1, -0.05) is 27.5 Å². The van der Waals surface area contributed by atoms with E-state index in [1.165, 1.54) is 0 Å². The summed E-state index contributed by atoms with van der Waals surface area (Å²) in [5.41, 5.74) is 0.780. The molecule has 0 aromatic heterocycles. The lowest BCUT2D eigenvalue weighted by molar-refractivity contribution is 0.167. The topological polar surface area (TPSA) is 29.5 Å². The van der Waals surface area contributed by atoms with Crippen LogP contribution in [0.25, 0.3) is 0 Å². The molecule has 1 aliphatic rings. The molecule has 1 aromatic rings. The van der Waals surface area contributed by atoms with Gasteiger partial charge in [-0.05, 0) is 25.0 Å². The minimum atomic E-state index is -0.470. The van der Waals surface area contributed by atoms with Crippen LogP contribution in [-0.4, -0.2) is 11.7 Å². The summed E-state index contributed by atoms with van der Waals surface area (Å²) < 4.78 is 6.36. The van der Waals surface area contributed by atoms with Gasteiger partial charge in [0.05, 0.1) is 17.7 Å². The standard InChI is InChI=1S/C10H10BrClO2/c11-6-4-7-9(13)2-1-3-14-10(7)8(12)5-6/h4-5,9,13H,1-3H2. The number of hydrogen-bond acceptors (Lipinski definition) is 2. The number of benzene rings is 1. The first kappa shape index (κ1) is 10.3. The molecule has 0 fully saturated rings. The van der Waals surface area contributed by atoms with Gasteiger partial charge in [0, 0.05) is 10.0 Å². The summed E-state index contributed by atoms with van der Waals surface area (Å²) in [5, 5.41) is 10.4. The molecule has 0 radical (unpaired) electrons. The van der Waals surface area contributed by atoms with Gasteiger partial charge in [-0.3, -0.25) is 0 Å². The quantitative estimate of drug-likeness (QED) is 0.788. The smallest absolute Gasteiger partial charge is 0.143 e. The maximum Gasteiger partial charge on any atom is 0.143 e. The molecule has 2 nitrogen and oxygen atoms in total. The minimum Gasteiger partial charge on any atom is -0.492 e. The zero-order valence-corrected chi connectivity index (χ0v) is 9.81. The molecule has 0 spiro atoms. The fourth-order valence-corrected chi connectivity index (χ4v) is 2.48. The highest BCUT2D eigenvalue weighted by Gasteiger charge is 2.20. The van der Waals surface area contributed by atoms with Crippen LogP contribution in [0.2, 0.25) is 5.02 Å². The van der Waals surface area contributed by atoms with Crippen molar-refractivity contribution in [3.05, 3.63) is 27.2 Å². The third-order valence-electron chi connectivity index (χ3n) is 2.26. The van der Waals surface area contributed by atoms with Crippen LogP contribution < -0.4 is 4.74 Å². The normalized spacial score (nSPS) is 20.9. The zero-order valence-electron chi connectivity index (χ0n) is 7.46. The molecule has 0 bridgehead atoms. The summed E-state index contributed by atoms with van der Waals surface area (Å²) >= 11 is 9.36. The van der Waals surface area contributed by atoms with E-state index in [-0.39, 0.29) is 0 Å². The maximum atomic E-state index is 9.83. The number of rotatable bonds is 0. The maximum absolute atomic E-state index is 9.83. The van der Waals surface area contributed by atoms with E-state index in [1.807, 2.05) is 6.07 Å². The second kappa shape index (κ2) is 4.09. The van der Waals surface area contributed by atoms with E-state index in [0.717, 1.165) is 22.9 Å². The van der Waals surface area contributed by atoms with E-state index in [4.69, 9.17) is 16.3 Å². The first-order chi connectivity index (χ1) is 6.68. The second-order valence-corrected chi connectivity index (χ2v) is 4.64. The predicted molar refractivity (Wildman–Crippen MR) is 58.8 cm³/mol. The molecule has 1 N–H and O–H groups in total. The molecule has 0 saturated heterocycles. The van der Waals surface area contributed by atoms with Gasteiger partial charge in [-0.25, -0.2) is 0 Å². The average molecular weight is 278 g/mol. The monoisotopic (exact) mass is 276 g/mol. The van der Waals surface area contributed by atoms with Crippen molar-refractivity contribution >= 4 is 27.5 Å². The molecular weight excluding hydrogens is 267 g/mol. The van der Waals surface area contributed by atoms with Crippen LogP contribution >= 0.6 is 27.5 Å². The largest absolute Gasteiger partial charge is 0.492 e. The molecule has 4 heteroatoms. The van der Waals surface area contributed by atoms with Gasteiger partial charge < -0.3 is 9.84 Å². The molecule has 76 valence electrons. The first-order valence-electron chi connectivity index (χ1n) is 4.48. The lowest BCUT2D eigenvalue weighted by atomic mass is 10.1. The fraction of sp³-hybridized carbons (Fsp3) is 0.400. The third kappa shape index (κ3) is 1.90. The Bertz CT molecular complexity index is 354. The summed E-state index contributed by atoms with van der Waals surface area (Å²) in [7, 11) is 0. The Balaban J connectivity index is 2.53. The summed E-state index contributed by atoms with van der Waals surface area (Å²) in [6.07, 6.45) is 1.10. The van der Waals surface area contributed by atoms with Crippen LogP contribution in [0.1, 0.15) is 24.5 Å². The summed E-state index contributed by atoms with van der Waals surface area (Å²) in [6, 6.07) is 3.63. The van der Waals surface area contributed by atoms with Crippen molar-refractivity contribution in [2.45, 2.75) is 18.9 Å². The Morgan fingerprint density at radius 3 is 3.07 bits per heavy atom. The highest BCUT2D eigenvalue weighted by molar-refractivity contribution is 9.10. The van der Waals surface area contributed by atoms with Crippen molar-refractivity contribution in [1.29, 1.82) is 0 Å². The summed E-state index contributed by atoms with van der Waals surface area (Å²) in [4.78, 5) is 0. The minimum absolute atomic E-state index is 0.470. The van der Waals surface area contributed by atoms with Crippen molar-refractivity contribution in [2.75, 3.05) is 6.61 Å². The van der Waals surface area contributed by atoms with Gasteiger partial charge in [-0.15, -0.1) is 0 Å². The van der Waals surface area contributed by atoms with Crippen molar-refractivity contribution in [1.82, 2.24) is 0 Å². The summed E-state index contributed by atoms with van der Waals surface area (Å²) in [5.74, 6) is 0.625. The molecule has 0 amide bonds. The molecule has 0 saturated carbocycles. The van der Waals surface area contributed by atoms with Crippen LogP contribution in [0.15, 0.2) is 16.6 Å². The van der Waals surface area contributed by atoms with Crippen LogP contribution in [0.4, 0.5) is 0 Å². The fourth-order valence-electron chi connectivity index (χ4n) is 1.59. The van der Waals surface area contributed by atoms with Gasteiger partial charge in [0.2, 0.25) is 0 Å². The van der Waals surface area contributed by atoms with Crippen LogP contribution in [0, 0.1) is 0 Å². The lowest BCUT2D eigenvalue weighted by Gasteiger charge is -2.12. The Hall–Kier alpha value is -0.250. The number of ether oxygens (including phenoxy) is 1. The SMILES string of the molecule is OC1CCCOc2c(Cl)cc(Br)cc21. The van der Waals surface area contributed by atoms with Gasteiger partial charge in [-0.2, -0.15) is 0 Å². The molecule has 14 heavy (non-hydrogen) atoms. The highest BCUT2D eigenvalue weighted by atomic mass is 79.9.